The summed E-state index contributed by atoms with van der Waals surface area (Å²) >= 11 is 0. The van der Waals surface area contributed by atoms with Crippen LogP contribution in [0.3, 0.4) is 0 Å². The SMILES string of the molecule is COC(=O)CCCC[Si](C)(O[Si](C)(C)C)O[Si](C)(C)C. The molecule has 0 aromatic heterocycles. The molecule has 0 N–H and O–H groups in total. The second kappa shape index (κ2) is 7.88. The third-order valence-electron chi connectivity index (χ3n) is 2.53. The average molecular weight is 337 g/mol. The lowest BCUT2D eigenvalue weighted by Gasteiger charge is -2.38. The molecule has 0 saturated carbocycles. The lowest BCUT2D eigenvalue weighted by molar-refractivity contribution is -0.140. The third-order valence-corrected chi connectivity index (χ3v) is 12.1. The van der Waals surface area contributed by atoms with Gasteiger partial charge in [-0.2, -0.15) is 0 Å². The molecule has 20 heavy (non-hydrogen) atoms. The minimum atomic E-state index is -2.13. The first kappa shape index (κ1) is 20.0. The van der Waals surface area contributed by atoms with Crippen molar-refractivity contribution in [2.75, 3.05) is 7.11 Å². The topological polar surface area (TPSA) is 44.8 Å². The van der Waals surface area contributed by atoms with E-state index >= 15 is 0 Å². The van der Waals surface area contributed by atoms with Gasteiger partial charge in [-0.25, -0.2) is 0 Å². The normalized spacial score (nSPS) is 13.4. The molecule has 0 aliphatic heterocycles. The van der Waals surface area contributed by atoms with E-state index in [4.69, 9.17) is 8.23 Å². The number of rotatable bonds is 9. The first-order valence-corrected chi connectivity index (χ1v) is 16.7. The predicted octanol–water partition coefficient (Wildman–Crippen LogP) is 4.10. The van der Waals surface area contributed by atoms with Gasteiger partial charge in [-0.05, 0) is 58.3 Å². The number of hydrogen-bond donors (Lipinski definition) is 0. The van der Waals surface area contributed by atoms with E-state index in [-0.39, 0.29) is 5.97 Å². The van der Waals surface area contributed by atoms with Crippen LogP contribution in [0, 0.1) is 0 Å². The summed E-state index contributed by atoms with van der Waals surface area (Å²) in [4.78, 5) is 11.1. The Morgan fingerprint density at radius 3 is 1.65 bits per heavy atom. The standard InChI is InChI=1S/C13H32O4Si3/c1-15-13(14)11-9-10-12-20(8,16-18(2,3)4)17-19(5,6)7/h9-12H2,1-8H3. The molecule has 0 amide bonds. The van der Waals surface area contributed by atoms with E-state index in [1.165, 1.54) is 7.11 Å². The van der Waals surface area contributed by atoms with Gasteiger partial charge in [-0.1, -0.05) is 6.42 Å². The Balaban J connectivity index is 4.50. The van der Waals surface area contributed by atoms with Crippen LogP contribution in [0.15, 0.2) is 0 Å². The number of carbonyl (C=O) groups excluding carboxylic acids is 1. The van der Waals surface area contributed by atoms with Crippen molar-refractivity contribution in [3.05, 3.63) is 0 Å². The van der Waals surface area contributed by atoms with Crippen LogP contribution in [0.2, 0.25) is 51.9 Å². The summed E-state index contributed by atoms with van der Waals surface area (Å²) in [6, 6.07) is 0.957. The van der Waals surface area contributed by atoms with Crippen molar-refractivity contribution in [1.82, 2.24) is 0 Å². The van der Waals surface area contributed by atoms with Gasteiger partial charge in [0.15, 0.2) is 16.6 Å². The number of carbonyl (C=O) groups is 1. The Morgan fingerprint density at radius 1 is 0.850 bits per heavy atom. The fraction of sp³-hybridized carbons (Fsp3) is 0.923. The minimum Gasteiger partial charge on any atom is -0.469 e. The highest BCUT2D eigenvalue weighted by molar-refractivity contribution is 6.87. The maximum atomic E-state index is 11.1. The molecule has 0 saturated heterocycles. The number of hydrogen-bond acceptors (Lipinski definition) is 4. The van der Waals surface area contributed by atoms with Gasteiger partial charge in [-0.15, -0.1) is 0 Å². The van der Waals surface area contributed by atoms with Gasteiger partial charge in [0.25, 0.3) is 0 Å². The van der Waals surface area contributed by atoms with Crippen LogP contribution in [0.1, 0.15) is 19.3 Å². The molecular weight excluding hydrogens is 304 g/mol. The fourth-order valence-electron chi connectivity index (χ4n) is 2.24. The quantitative estimate of drug-likeness (QED) is 0.361. The van der Waals surface area contributed by atoms with Crippen molar-refractivity contribution in [3.63, 3.8) is 0 Å². The Kier molecular flexibility index (Phi) is 7.90. The van der Waals surface area contributed by atoms with E-state index in [9.17, 15) is 4.79 Å². The summed E-state index contributed by atoms with van der Waals surface area (Å²) in [5, 5.41) is 0. The van der Waals surface area contributed by atoms with E-state index in [1.54, 1.807) is 0 Å². The van der Waals surface area contributed by atoms with Gasteiger partial charge >= 0.3 is 14.5 Å². The molecule has 0 fully saturated rings. The molecule has 0 spiro atoms. The zero-order valence-electron chi connectivity index (χ0n) is 14.5. The van der Waals surface area contributed by atoms with E-state index in [1.807, 2.05) is 0 Å². The second-order valence-corrected chi connectivity index (χ2v) is 20.2. The summed E-state index contributed by atoms with van der Waals surface area (Å²) in [6.07, 6.45) is 2.30. The predicted molar refractivity (Wildman–Crippen MR) is 91.2 cm³/mol. The van der Waals surface area contributed by atoms with Gasteiger partial charge < -0.3 is 13.0 Å². The van der Waals surface area contributed by atoms with Crippen LogP contribution in [0.25, 0.3) is 0 Å². The van der Waals surface area contributed by atoms with Crippen molar-refractivity contribution in [2.24, 2.45) is 0 Å². The average Bonchev–Trinajstić information content (AvgIpc) is 2.18. The molecule has 0 unspecified atom stereocenters. The van der Waals surface area contributed by atoms with E-state index in [0.717, 1.165) is 18.9 Å². The van der Waals surface area contributed by atoms with Crippen LogP contribution in [-0.4, -0.2) is 38.3 Å². The van der Waals surface area contributed by atoms with Gasteiger partial charge in [0.2, 0.25) is 0 Å². The van der Waals surface area contributed by atoms with Crippen LogP contribution in [0.4, 0.5) is 0 Å². The Morgan fingerprint density at radius 2 is 1.30 bits per heavy atom. The smallest absolute Gasteiger partial charge is 0.314 e. The monoisotopic (exact) mass is 336 g/mol. The number of ether oxygens (including phenoxy) is 1. The molecule has 0 aromatic carbocycles. The Labute approximate surface area is 127 Å². The van der Waals surface area contributed by atoms with Gasteiger partial charge in [0, 0.05) is 6.42 Å². The lowest BCUT2D eigenvalue weighted by atomic mass is 10.2. The van der Waals surface area contributed by atoms with E-state index in [0.29, 0.717) is 6.42 Å². The van der Waals surface area contributed by atoms with Crippen LogP contribution >= 0.6 is 0 Å². The van der Waals surface area contributed by atoms with Crippen molar-refractivity contribution in [2.45, 2.75) is 71.1 Å². The summed E-state index contributed by atoms with van der Waals surface area (Å²) < 4.78 is 17.5. The highest BCUT2D eigenvalue weighted by Crippen LogP contribution is 2.26. The molecule has 0 aromatic rings. The molecule has 0 atom stereocenters. The first-order valence-electron chi connectivity index (χ1n) is 7.34. The molecule has 0 heterocycles. The van der Waals surface area contributed by atoms with Crippen molar-refractivity contribution in [1.29, 1.82) is 0 Å². The molecule has 4 nitrogen and oxygen atoms in total. The zero-order chi connectivity index (χ0) is 16.0. The van der Waals surface area contributed by atoms with Crippen LogP contribution in [0.5, 0.6) is 0 Å². The largest absolute Gasteiger partial charge is 0.469 e. The number of methoxy groups -OCH3 is 1. The Bertz CT molecular complexity index is 292. The molecule has 0 aliphatic rings. The van der Waals surface area contributed by atoms with Crippen LogP contribution in [-0.2, 0) is 17.8 Å². The Hall–Kier alpha value is 0.0406. The second-order valence-electron chi connectivity index (χ2n) is 7.35. The maximum absolute atomic E-state index is 11.1. The van der Waals surface area contributed by atoms with Crippen molar-refractivity contribution < 1.29 is 17.8 Å². The van der Waals surface area contributed by atoms with Gasteiger partial charge in [0.05, 0.1) is 7.11 Å². The molecule has 0 aliphatic carbocycles. The molecule has 120 valence electrons. The number of esters is 1. The summed E-state index contributed by atoms with van der Waals surface area (Å²) in [5.74, 6) is -0.134. The maximum Gasteiger partial charge on any atom is 0.314 e. The minimum absolute atomic E-state index is 0.134. The third kappa shape index (κ3) is 10.8. The zero-order valence-corrected chi connectivity index (χ0v) is 17.5. The summed E-state index contributed by atoms with van der Waals surface area (Å²) in [5.41, 5.74) is 0. The van der Waals surface area contributed by atoms with E-state index < -0.39 is 25.2 Å². The van der Waals surface area contributed by atoms with E-state index in [2.05, 4.69) is 50.6 Å². The molecule has 0 radical (unpaired) electrons. The highest BCUT2D eigenvalue weighted by atomic mass is 28.5. The molecule has 0 rings (SSSR count). The highest BCUT2D eigenvalue weighted by Gasteiger charge is 2.39. The van der Waals surface area contributed by atoms with Gasteiger partial charge in [-0.3, -0.25) is 4.79 Å². The fourth-order valence-corrected chi connectivity index (χ4v) is 14.8. The number of unbranched alkanes of at least 4 members (excludes halogenated alkanes) is 1. The molecule has 7 heteroatoms. The lowest BCUT2D eigenvalue weighted by Crippen LogP contribution is -2.52. The first-order chi connectivity index (χ1) is 8.87. The van der Waals surface area contributed by atoms with Crippen LogP contribution < -0.4 is 0 Å². The summed E-state index contributed by atoms with van der Waals surface area (Å²) in [6.45, 7) is 15.4. The van der Waals surface area contributed by atoms with Crippen molar-refractivity contribution in [3.8, 4) is 0 Å². The summed E-state index contributed by atoms with van der Waals surface area (Å²) in [7, 11) is -3.92. The van der Waals surface area contributed by atoms with Crippen molar-refractivity contribution >= 4 is 31.2 Å². The molecule has 0 bridgehead atoms. The van der Waals surface area contributed by atoms with Gasteiger partial charge in [0.1, 0.15) is 0 Å². The molecular formula is C13H32O4Si3.